The summed E-state index contributed by atoms with van der Waals surface area (Å²) in [5.41, 5.74) is 0. The number of phosphoric acid groups is 2. The van der Waals surface area contributed by atoms with Crippen molar-refractivity contribution < 1.29 is 80.2 Å². The Bertz CT molecular complexity index is 1910. The molecule has 0 amide bonds. The third-order valence-corrected chi connectivity index (χ3v) is 21.3. The molecule has 0 heterocycles. The number of phosphoric ester groups is 2. The summed E-state index contributed by atoms with van der Waals surface area (Å²) in [6.07, 6.45) is 69.3. The van der Waals surface area contributed by atoms with E-state index in [0.717, 1.165) is 89.9 Å². The number of carbonyl (C=O) groups excluding carboxylic acids is 4. The Labute approximate surface area is 619 Å². The summed E-state index contributed by atoms with van der Waals surface area (Å²) < 4.78 is 68.8. The first-order valence-corrected chi connectivity index (χ1v) is 45.8. The number of aliphatic hydroxyl groups is 1. The molecule has 5 atom stereocenters. The van der Waals surface area contributed by atoms with E-state index in [4.69, 9.17) is 37.0 Å². The minimum Gasteiger partial charge on any atom is -0.462 e. The lowest BCUT2D eigenvalue weighted by atomic mass is 10.0. The molecule has 0 aliphatic heterocycles. The van der Waals surface area contributed by atoms with Crippen LogP contribution in [0, 0.1) is 0 Å². The van der Waals surface area contributed by atoms with Gasteiger partial charge in [0, 0.05) is 25.7 Å². The Hall–Kier alpha value is -1.94. The number of esters is 4. The van der Waals surface area contributed by atoms with E-state index in [-0.39, 0.29) is 25.7 Å². The molecule has 0 spiro atoms. The maximum Gasteiger partial charge on any atom is 0.472 e. The zero-order valence-corrected chi connectivity index (χ0v) is 67.7. The van der Waals surface area contributed by atoms with Crippen molar-refractivity contribution in [3.63, 3.8) is 0 Å². The fourth-order valence-electron chi connectivity index (χ4n) is 12.8. The van der Waals surface area contributed by atoms with Crippen molar-refractivity contribution in [1.82, 2.24) is 0 Å². The molecular formula is C82H160O17P2. The molecule has 0 rings (SSSR count). The number of carbonyl (C=O) groups is 4. The highest BCUT2D eigenvalue weighted by Gasteiger charge is 2.30. The Morgan fingerprint density at radius 1 is 0.238 bits per heavy atom. The van der Waals surface area contributed by atoms with Gasteiger partial charge < -0.3 is 33.8 Å². The van der Waals surface area contributed by atoms with Gasteiger partial charge in [0.05, 0.1) is 26.4 Å². The van der Waals surface area contributed by atoms with Crippen LogP contribution in [-0.4, -0.2) is 96.7 Å². The molecule has 0 aromatic rings. The topological polar surface area (TPSA) is 237 Å². The van der Waals surface area contributed by atoms with Crippen LogP contribution in [0.3, 0.4) is 0 Å². The van der Waals surface area contributed by atoms with Gasteiger partial charge in [-0.2, -0.15) is 0 Å². The van der Waals surface area contributed by atoms with Gasteiger partial charge in [-0.3, -0.25) is 37.3 Å². The summed E-state index contributed by atoms with van der Waals surface area (Å²) in [6.45, 7) is 5.04. The molecule has 0 aliphatic carbocycles. The SMILES string of the molecule is CCCCCCCCCCCCCCCCCCCCCCC(=O)O[C@H](COC(=O)CCCCCCCCCCCCCCCCCC)COP(=O)(O)OC[C@@H](O)COP(=O)(O)OC[C@@H](COC(=O)CCCCCCCCCCCCC)OC(=O)CCCCCCCCCCCCCCCC. The summed E-state index contributed by atoms with van der Waals surface area (Å²) in [4.78, 5) is 73.1. The standard InChI is InChI=1S/C82H160O17P2/c1-5-9-13-17-21-25-29-32-35-37-38-39-40-42-45-49-53-57-61-65-69-82(87)99-78(73-93-80(85)67-63-59-55-51-47-44-41-36-33-30-26-22-18-14-10-6-2)75-97-101(90,91)95-71-76(83)70-94-100(88,89)96-74-77(72-92-79(84)66-62-58-54-50-46-28-24-20-16-12-8-4)98-81(86)68-64-60-56-52-48-43-34-31-27-23-19-15-11-7-3/h76-78,83H,5-75H2,1-4H3,(H,88,89)(H,90,91)/t76-,77+,78+/m0/s1. The molecule has 600 valence electrons. The molecule has 0 radical (unpaired) electrons. The maximum absolute atomic E-state index is 13.1. The summed E-state index contributed by atoms with van der Waals surface area (Å²) in [5, 5.41) is 10.6. The minimum atomic E-state index is -4.96. The molecule has 0 saturated heterocycles. The van der Waals surface area contributed by atoms with E-state index in [2.05, 4.69) is 27.7 Å². The van der Waals surface area contributed by atoms with Gasteiger partial charge in [-0.15, -0.1) is 0 Å². The molecule has 2 unspecified atom stereocenters. The smallest absolute Gasteiger partial charge is 0.462 e. The molecule has 0 aromatic carbocycles. The summed E-state index contributed by atoms with van der Waals surface area (Å²) >= 11 is 0. The minimum absolute atomic E-state index is 0.109. The summed E-state index contributed by atoms with van der Waals surface area (Å²) in [5.74, 6) is -2.10. The highest BCUT2D eigenvalue weighted by atomic mass is 31.2. The summed E-state index contributed by atoms with van der Waals surface area (Å²) in [7, 11) is -9.92. The molecule has 0 saturated carbocycles. The number of hydrogen-bond donors (Lipinski definition) is 3. The van der Waals surface area contributed by atoms with Crippen LogP contribution in [0.25, 0.3) is 0 Å². The van der Waals surface area contributed by atoms with Crippen LogP contribution < -0.4 is 0 Å². The zero-order chi connectivity index (χ0) is 73.9. The Balaban J connectivity index is 5.23. The zero-order valence-electron chi connectivity index (χ0n) is 65.9. The van der Waals surface area contributed by atoms with Crippen LogP contribution >= 0.6 is 15.6 Å². The van der Waals surface area contributed by atoms with Gasteiger partial charge in [0.2, 0.25) is 0 Å². The van der Waals surface area contributed by atoms with Crippen LogP contribution in [0.1, 0.15) is 445 Å². The maximum atomic E-state index is 13.1. The quantitative estimate of drug-likeness (QED) is 0.0222. The number of aliphatic hydroxyl groups excluding tert-OH is 1. The largest absolute Gasteiger partial charge is 0.472 e. The van der Waals surface area contributed by atoms with Crippen molar-refractivity contribution in [3.05, 3.63) is 0 Å². The molecule has 17 nitrogen and oxygen atoms in total. The third kappa shape index (κ3) is 76.1. The lowest BCUT2D eigenvalue weighted by Gasteiger charge is -2.21. The second-order valence-corrected chi connectivity index (χ2v) is 32.4. The van der Waals surface area contributed by atoms with E-state index in [9.17, 15) is 43.2 Å². The van der Waals surface area contributed by atoms with Crippen LogP contribution in [0.2, 0.25) is 0 Å². The van der Waals surface area contributed by atoms with Crippen LogP contribution in [0.4, 0.5) is 0 Å². The second-order valence-electron chi connectivity index (χ2n) is 29.5. The van der Waals surface area contributed by atoms with E-state index in [0.29, 0.717) is 25.7 Å². The highest BCUT2D eigenvalue weighted by Crippen LogP contribution is 2.45. The van der Waals surface area contributed by atoms with E-state index >= 15 is 0 Å². The first kappa shape index (κ1) is 99.1. The van der Waals surface area contributed by atoms with Gasteiger partial charge in [-0.1, -0.05) is 394 Å². The molecule has 19 heteroatoms. The molecule has 0 aliphatic rings. The number of rotatable bonds is 83. The predicted octanol–water partition coefficient (Wildman–Crippen LogP) is 25.0. The number of unbranched alkanes of at least 4 members (excludes halogenated alkanes) is 57. The van der Waals surface area contributed by atoms with E-state index in [1.54, 1.807) is 0 Å². The molecular weight excluding hydrogens is 1320 g/mol. The van der Waals surface area contributed by atoms with E-state index in [1.165, 1.54) is 276 Å². The van der Waals surface area contributed by atoms with Crippen molar-refractivity contribution in [1.29, 1.82) is 0 Å². The molecule has 0 fully saturated rings. The first-order valence-electron chi connectivity index (χ1n) is 42.8. The predicted molar refractivity (Wildman–Crippen MR) is 414 cm³/mol. The number of hydrogen-bond acceptors (Lipinski definition) is 15. The fourth-order valence-corrected chi connectivity index (χ4v) is 14.4. The van der Waals surface area contributed by atoms with Crippen LogP contribution in [-0.2, 0) is 65.4 Å². The highest BCUT2D eigenvalue weighted by molar-refractivity contribution is 7.47. The van der Waals surface area contributed by atoms with Crippen molar-refractivity contribution in [2.45, 2.75) is 463 Å². The number of ether oxygens (including phenoxy) is 4. The lowest BCUT2D eigenvalue weighted by molar-refractivity contribution is -0.161. The third-order valence-electron chi connectivity index (χ3n) is 19.4. The molecule has 101 heavy (non-hydrogen) atoms. The Morgan fingerprint density at radius 3 is 0.584 bits per heavy atom. The van der Waals surface area contributed by atoms with Gasteiger partial charge >= 0.3 is 39.5 Å². The lowest BCUT2D eigenvalue weighted by Crippen LogP contribution is -2.30. The van der Waals surface area contributed by atoms with Gasteiger partial charge in [0.15, 0.2) is 12.2 Å². The van der Waals surface area contributed by atoms with Gasteiger partial charge in [0.25, 0.3) is 0 Å². The Morgan fingerprint density at radius 2 is 0.396 bits per heavy atom. The Kier molecular flexibility index (Phi) is 74.8. The fraction of sp³-hybridized carbons (Fsp3) is 0.951. The molecule has 0 aromatic heterocycles. The summed E-state index contributed by atoms with van der Waals surface area (Å²) in [6, 6.07) is 0. The average molecular weight is 1480 g/mol. The van der Waals surface area contributed by atoms with Crippen LogP contribution in [0.5, 0.6) is 0 Å². The normalized spacial score (nSPS) is 13.8. The van der Waals surface area contributed by atoms with Crippen molar-refractivity contribution in [2.24, 2.45) is 0 Å². The van der Waals surface area contributed by atoms with E-state index < -0.39 is 97.5 Å². The average Bonchev–Trinajstić information content (AvgIpc) is 0.928. The van der Waals surface area contributed by atoms with Crippen molar-refractivity contribution in [3.8, 4) is 0 Å². The van der Waals surface area contributed by atoms with Gasteiger partial charge in [0.1, 0.15) is 19.3 Å². The molecule has 0 bridgehead atoms. The molecule has 3 N–H and O–H groups in total. The van der Waals surface area contributed by atoms with E-state index in [1.807, 2.05) is 0 Å². The first-order chi connectivity index (χ1) is 49.2. The van der Waals surface area contributed by atoms with Crippen molar-refractivity contribution >= 4 is 39.5 Å². The van der Waals surface area contributed by atoms with Gasteiger partial charge in [-0.25, -0.2) is 9.13 Å². The second kappa shape index (κ2) is 76.3. The van der Waals surface area contributed by atoms with Crippen LogP contribution in [0.15, 0.2) is 0 Å². The van der Waals surface area contributed by atoms with Crippen molar-refractivity contribution in [2.75, 3.05) is 39.6 Å². The van der Waals surface area contributed by atoms with Gasteiger partial charge in [-0.05, 0) is 25.7 Å². The monoisotopic (exact) mass is 1480 g/mol.